The Hall–Kier alpha value is -4.64. The minimum atomic E-state index is -2.29. The normalized spacial score (nSPS) is 11.6. The van der Waals surface area contributed by atoms with Crippen LogP contribution >= 0.6 is 6.89 Å². The molecule has 0 aliphatic carbocycles. The van der Waals surface area contributed by atoms with Crippen LogP contribution in [-0.2, 0) is 0 Å². The molecule has 0 radical (unpaired) electrons. The van der Waals surface area contributed by atoms with Crippen molar-refractivity contribution in [2.24, 2.45) is 0 Å². The zero-order chi connectivity index (χ0) is 26.9. The molecule has 1 heteroatoms. The van der Waals surface area contributed by atoms with Crippen LogP contribution in [0.1, 0.15) is 0 Å². The quantitative estimate of drug-likeness (QED) is 0.196. The van der Waals surface area contributed by atoms with Crippen LogP contribution in [0.2, 0.25) is 0 Å². The topological polar surface area (TPSA) is 0 Å². The summed E-state index contributed by atoms with van der Waals surface area (Å²) in [6, 6.07) is 59.3. The molecule has 7 rings (SSSR count). The first-order valence-electron chi connectivity index (χ1n) is 13.7. The van der Waals surface area contributed by atoms with Gasteiger partial charge in [0, 0.05) is 0 Å². The molecule has 0 N–H and O–H groups in total. The number of fused-ring (bicyclic) bond motifs is 2. The highest BCUT2D eigenvalue weighted by Gasteiger charge is 2.27. The molecule has 0 fully saturated rings. The Morgan fingerprint density at radius 2 is 0.675 bits per heavy atom. The molecular formula is C39H29P. The van der Waals surface area contributed by atoms with Gasteiger partial charge < -0.3 is 0 Å². The van der Waals surface area contributed by atoms with Gasteiger partial charge in [-0.2, -0.15) is 0 Å². The van der Waals surface area contributed by atoms with Gasteiger partial charge in [-0.1, -0.05) is 170 Å². The average molecular weight is 529 g/mol. The fraction of sp³-hybridized carbons (Fsp3) is 0. The fourth-order valence-electron chi connectivity index (χ4n) is 6.06. The van der Waals surface area contributed by atoms with Gasteiger partial charge >= 0.3 is 0 Å². The highest BCUT2D eigenvalue weighted by molar-refractivity contribution is 7.94. The van der Waals surface area contributed by atoms with E-state index in [-0.39, 0.29) is 0 Å². The lowest BCUT2D eigenvalue weighted by Gasteiger charge is -2.30. The van der Waals surface area contributed by atoms with Gasteiger partial charge in [-0.25, -0.2) is 0 Å². The third-order valence-electron chi connectivity index (χ3n) is 7.99. The van der Waals surface area contributed by atoms with Crippen LogP contribution in [0.5, 0.6) is 0 Å². The minimum Gasteiger partial charge on any atom is -0.0886 e. The van der Waals surface area contributed by atoms with Crippen molar-refractivity contribution in [2.75, 3.05) is 0 Å². The number of rotatable bonds is 5. The van der Waals surface area contributed by atoms with Gasteiger partial charge in [0.05, 0.1) is 0 Å². The molecule has 7 aromatic carbocycles. The minimum absolute atomic E-state index is 1.23. The molecule has 0 atom stereocenters. The van der Waals surface area contributed by atoms with Crippen molar-refractivity contribution in [2.45, 2.75) is 0 Å². The van der Waals surface area contributed by atoms with Crippen molar-refractivity contribution in [1.29, 1.82) is 0 Å². The summed E-state index contributed by atoms with van der Waals surface area (Å²) in [5, 5.41) is 8.98. The molecule has 0 spiro atoms. The molecule has 0 aliphatic rings. The summed E-state index contributed by atoms with van der Waals surface area (Å²) >= 11 is 0. The zero-order valence-corrected chi connectivity index (χ0v) is 23.1. The van der Waals surface area contributed by atoms with Crippen LogP contribution < -0.4 is 15.9 Å². The molecule has 0 nitrogen and oxygen atoms in total. The lowest BCUT2D eigenvalue weighted by Crippen LogP contribution is -2.26. The second-order valence-electron chi connectivity index (χ2n) is 10.2. The van der Waals surface area contributed by atoms with E-state index in [0.29, 0.717) is 0 Å². The Labute approximate surface area is 236 Å². The summed E-state index contributed by atoms with van der Waals surface area (Å²) in [7, 11) is 0. The van der Waals surface area contributed by atoms with E-state index in [1.807, 2.05) is 0 Å². The van der Waals surface area contributed by atoms with Gasteiger partial charge in [-0.05, 0) is 66.6 Å². The molecule has 0 amide bonds. The number of hydrogen-bond acceptors (Lipinski definition) is 0. The smallest absolute Gasteiger partial charge is 0.00867 e. The largest absolute Gasteiger partial charge is 0.0886 e. The molecule has 190 valence electrons. The van der Waals surface area contributed by atoms with E-state index in [0.717, 1.165) is 0 Å². The van der Waals surface area contributed by atoms with Gasteiger partial charge in [0.1, 0.15) is 0 Å². The van der Waals surface area contributed by atoms with Crippen molar-refractivity contribution in [3.05, 3.63) is 164 Å². The van der Waals surface area contributed by atoms with E-state index in [4.69, 9.17) is 6.30 Å². The lowest BCUT2D eigenvalue weighted by molar-refractivity contribution is 1.66. The van der Waals surface area contributed by atoms with E-state index in [1.165, 1.54) is 59.7 Å². The molecule has 0 bridgehead atoms. The summed E-state index contributed by atoms with van der Waals surface area (Å²) in [6.45, 7) is -2.29. The third-order valence-corrected chi connectivity index (χ3v) is 11.6. The van der Waals surface area contributed by atoms with Gasteiger partial charge in [0.25, 0.3) is 0 Å². The summed E-state index contributed by atoms with van der Waals surface area (Å²) < 4.78 is 0. The maximum Gasteiger partial charge on any atom is -0.00867 e. The van der Waals surface area contributed by atoms with Crippen LogP contribution in [0.15, 0.2) is 164 Å². The molecular weight excluding hydrogens is 499 g/mol. The highest BCUT2D eigenvalue weighted by Crippen LogP contribution is 2.47. The van der Waals surface area contributed by atoms with E-state index in [2.05, 4.69) is 164 Å². The lowest BCUT2D eigenvalue weighted by atomic mass is 9.98. The fourth-order valence-corrected chi connectivity index (χ4v) is 9.43. The van der Waals surface area contributed by atoms with Gasteiger partial charge in [0.15, 0.2) is 0 Å². The summed E-state index contributed by atoms with van der Waals surface area (Å²) in [5.74, 6) is 0. The Morgan fingerprint density at radius 3 is 1.10 bits per heavy atom. The van der Waals surface area contributed by atoms with E-state index < -0.39 is 6.89 Å². The summed E-state index contributed by atoms with van der Waals surface area (Å²) in [5.41, 5.74) is 4.97. The van der Waals surface area contributed by atoms with Gasteiger partial charge in [-0.3, -0.25) is 0 Å². The predicted molar refractivity (Wildman–Crippen MR) is 178 cm³/mol. The predicted octanol–water partition coefficient (Wildman–Crippen LogP) is 9.05. The Morgan fingerprint density at radius 1 is 0.325 bits per heavy atom. The Bertz CT molecular complexity index is 1880. The van der Waals surface area contributed by atoms with Crippen molar-refractivity contribution in [1.82, 2.24) is 0 Å². The molecule has 0 heterocycles. The molecule has 0 unspecified atom stereocenters. The van der Waals surface area contributed by atoms with Crippen LogP contribution in [0, 0.1) is 0 Å². The Balaban J connectivity index is 1.56. The molecule has 7 aromatic rings. The van der Waals surface area contributed by atoms with Gasteiger partial charge in [-0.15, -0.1) is 0 Å². The molecule has 0 saturated heterocycles. The average Bonchev–Trinajstić information content (AvgIpc) is 3.04. The van der Waals surface area contributed by atoms with Gasteiger partial charge in [0.2, 0.25) is 0 Å². The van der Waals surface area contributed by atoms with Crippen LogP contribution in [0.25, 0.3) is 43.8 Å². The first kappa shape index (κ1) is 24.4. The highest BCUT2D eigenvalue weighted by atomic mass is 31.2. The van der Waals surface area contributed by atoms with Crippen LogP contribution in [0.3, 0.4) is 0 Å². The number of benzene rings is 7. The summed E-state index contributed by atoms with van der Waals surface area (Å²) in [6.07, 6.45) is 5.20. The van der Waals surface area contributed by atoms with E-state index in [1.54, 1.807) is 0 Å². The van der Waals surface area contributed by atoms with E-state index in [9.17, 15) is 0 Å². The second kappa shape index (κ2) is 10.2. The molecule has 0 saturated carbocycles. The van der Waals surface area contributed by atoms with Crippen molar-refractivity contribution in [3.63, 3.8) is 0 Å². The standard InChI is InChI=1S/C39H29P/c1-40(31-19-9-4-10-20-31,38-27-25-32(29-15-5-2-6-16-29)34-21-11-13-23-36(34)38)39-28-26-33(30-17-7-3-8-18-30)35-22-12-14-24-37(35)39/h2-28H,1H2. The third kappa shape index (κ3) is 4.01. The van der Waals surface area contributed by atoms with E-state index >= 15 is 0 Å². The first-order chi connectivity index (χ1) is 19.7. The maximum atomic E-state index is 5.20. The Kier molecular flexibility index (Phi) is 6.20. The van der Waals surface area contributed by atoms with Crippen LogP contribution in [-0.4, -0.2) is 6.30 Å². The first-order valence-corrected chi connectivity index (χ1v) is 15.7. The van der Waals surface area contributed by atoms with Crippen LogP contribution in [0.4, 0.5) is 0 Å². The monoisotopic (exact) mass is 528 g/mol. The SMILES string of the molecule is C=P(c1ccccc1)(c1ccc(-c2ccccc2)c2ccccc12)c1ccc(-c2ccccc2)c2ccccc12. The number of hydrogen-bond donors (Lipinski definition) is 0. The second-order valence-corrected chi connectivity index (χ2v) is 13.3. The van der Waals surface area contributed by atoms with Crippen molar-refractivity contribution < 1.29 is 0 Å². The van der Waals surface area contributed by atoms with Crippen molar-refractivity contribution in [3.8, 4) is 22.3 Å². The molecule has 40 heavy (non-hydrogen) atoms. The molecule has 0 aromatic heterocycles. The van der Waals surface area contributed by atoms with Crippen molar-refractivity contribution >= 4 is 50.6 Å². The zero-order valence-electron chi connectivity index (χ0n) is 22.2. The molecule has 0 aliphatic heterocycles. The maximum absolute atomic E-state index is 5.20. The summed E-state index contributed by atoms with van der Waals surface area (Å²) in [4.78, 5) is 0.